The smallest absolute Gasteiger partial charge is 0.263 e. The third-order valence-electron chi connectivity index (χ3n) is 3.26. The van der Waals surface area contributed by atoms with Gasteiger partial charge in [-0.3, -0.25) is 9.69 Å². The van der Waals surface area contributed by atoms with E-state index in [4.69, 9.17) is 5.26 Å². The lowest BCUT2D eigenvalue weighted by Crippen LogP contribution is -2.22. The first-order valence-electron chi connectivity index (χ1n) is 5.96. The SMILES string of the molecule is C=C1c2ccccc2C(=O)N1c1ccc(C#N)cc1Br. The van der Waals surface area contributed by atoms with E-state index in [-0.39, 0.29) is 5.91 Å². The second kappa shape index (κ2) is 4.62. The molecule has 0 saturated heterocycles. The van der Waals surface area contributed by atoms with Gasteiger partial charge in [0.2, 0.25) is 0 Å². The summed E-state index contributed by atoms with van der Waals surface area (Å²) in [6, 6.07) is 14.6. The Morgan fingerprint density at radius 1 is 1.15 bits per heavy atom. The summed E-state index contributed by atoms with van der Waals surface area (Å²) in [4.78, 5) is 14.1. The van der Waals surface area contributed by atoms with Gasteiger partial charge in [-0.15, -0.1) is 0 Å². The van der Waals surface area contributed by atoms with E-state index < -0.39 is 0 Å². The number of fused-ring (bicyclic) bond motifs is 1. The van der Waals surface area contributed by atoms with Gasteiger partial charge in [0.1, 0.15) is 0 Å². The zero-order valence-electron chi connectivity index (χ0n) is 10.4. The van der Waals surface area contributed by atoms with Crippen LogP contribution in [0, 0.1) is 11.3 Å². The summed E-state index contributed by atoms with van der Waals surface area (Å²) in [5, 5.41) is 8.90. The van der Waals surface area contributed by atoms with E-state index in [0.29, 0.717) is 27.0 Å². The number of hydrogen-bond donors (Lipinski definition) is 0. The highest BCUT2D eigenvalue weighted by atomic mass is 79.9. The molecule has 1 amide bonds. The van der Waals surface area contributed by atoms with Gasteiger partial charge in [0.05, 0.1) is 23.0 Å². The fourth-order valence-corrected chi connectivity index (χ4v) is 2.85. The fraction of sp³-hybridized carbons (Fsp3) is 0. The van der Waals surface area contributed by atoms with E-state index in [1.165, 1.54) is 0 Å². The van der Waals surface area contributed by atoms with E-state index in [0.717, 1.165) is 5.56 Å². The highest BCUT2D eigenvalue weighted by Crippen LogP contribution is 2.39. The third-order valence-corrected chi connectivity index (χ3v) is 3.89. The van der Waals surface area contributed by atoms with Crippen LogP contribution in [-0.4, -0.2) is 5.91 Å². The normalized spacial score (nSPS) is 13.3. The zero-order valence-corrected chi connectivity index (χ0v) is 12.0. The second-order valence-corrected chi connectivity index (χ2v) is 5.27. The molecule has 0 atom stereocenters. The van der Waals surface area contributed by atoms with Gasteiger partial charge in [-0.2, -0.15) is 5.26 Å². The first kappa shape index (κ1) is 12.6. The van der Waals surface area contributed by atoms with Crippen LogP contribution in [-0.2, 0) is 0 Å². The van der Waals surface area contributed by atoms with Crippen LogP contribution in [0.15, 0.2) is 53.5 Å². The molecule has 96 valence electrons. The quantitative estimate of drug-likeness (QED) is 0.797. The molecule has 0 bridgehead atoms. The maximum absolute atomic E-state index is 12.5. The van der Waals surface area contributed by atoms with Crippen molar-refractivity contribution in [3.05, 3.63) is 70.2 Å². The number of nitrogens with zero attached hydrogens (tertiary/aromatic N) is 2. The molecule has 0 unspecified atom stereocenters. The minimum atomic E-state index is -0.101. The lowest BCUT2D eigenvalue weighted by atomic mass is 10.1. The van der Waals surface area contributed by atoms with Crippen LogP contribution in [0.1, 0.15) is 21.5 Å². The summed E-state index contributed by atoms with van der Waals surface area (Å²) in [7, 11) is 0. The lowest BCUT2D eigenvalue weighted by molar-refractivity contribution is 0.101. The van der Waals surface area contributed by atoms with E-state index in [1.54, 1.807) is 29.2 Å². The summed E-state index contributed by atoms with van der Waals surface area (Å²) in [6.45, 7) is 4.01. The summed E-state index contributed by atoms with van der Waals surface area (Å²) in [6.07, 6.45) is 0. The average Bonchev–Trinajstić information content (AvgIpc) is 2.72. The highest BCUT2D eigenvalue weighted by Gasteiger charge is 2.32. The van der Waals surface area contributed by atoms with Crippen molar-refractivity contribution < 1.29 is 4.79 Å². The second-order valence-electron chi connectivity index (χ2n) is 4.41. The number of halogens is 1. The van der Waals surface area contributed by atoms with Gasteiger partial charge in [0.25, 0.3) is 5.91 Å². The van der Waals surface area contributed by atoms with Crippen LogP contribution in [0.2, 0.25) is 0 Å². The first-order chi connectivity index (χ1) is 9.63. The largest absolute Gasteiger partial charge is 0.276 e. The third kappa shape index (κ3) is 1.75. The fourth-order valence-electron chi connectivity index (χ4n) is 2.30. The number of hydrogen-bond acceptors (Lipinski definition) is 2. The minimum Gasteiger partial charge on any atom is -0.276 e. The topological polar surface area (TPSA) is 44.1 Å². The monoisotopic (exact) mass is 324 g/mol. The van der Waals surface area contributed by atoms with Crippen LogP contribution >= 0.6 is 15.9 Å². The molecule has 0 radical (unpaired) electrons. The minimum absolute atomic E-state index is 0.101. The van der Waals surface area contributed by atoms with Gasteiger partial charge in [-0.25, -0.2) is 0 Å². The van der Waals surface area contributed by atoms with Crippen molar-refractivity contribution >= 4 is 33.2 Å². The van der Waals surface area contributed by atoms with E-state index in [1.807, 2.05) is 18.2 Å². The summed E-state index contributed by atoms with van der Waals surface area (Å²) in [5.41, 5.74) is 3.36. The molecule has 1 aliphatic rings. The molecule has 0 saturated carbocycles. The Morgan fingerprint density at radius 3 is 2.45 bits per heavy atom. The predicted octanol–water partition coefficient (Wildman–Crippen LogP) is 3.95. The van der Waals surface area contributed by atoms with Crippen molar-refractivity contribution in [3.8, 4) is 6.07 Å². The Balaban J connectivity index is 2.12. The van der Waals surface area contributed by atoms with Crippen LogP contribution in [0.25, 0.3) is 5.70 Å². The van der Waals surface area contributed by atoms with Gasteiger partial charge in [-0.05, 0) is 40.2 Å². The van der Waals surface area contributed by atoms with Crippen molar-refractivity contribution in [2.24, 2.45) is 0 Å². The molecule has 1 aliphatic heterocycles. The van der Waals surface area contributed by atoms with Crippen molar-refractivity contribution in [1.29, 1.82) is 5.26 Å². The maximum Gasteiger partial charge on any atom is 0.263 e. The molecule has 2 aromatic carbocycles. The van der Waals surface area contributed by atoms with E-state index >= 15 is 0 Å². The molecule has 0 aliphatic carbocycles. The number of rotatable bonds is 1. The molecule has 2 aromatic rings. The number of amides is 1. The van der Waals surface area contributed by atoms with Crippen molar-refractivity contribution in [2.75, 3.05) is 4.90 Å². The standard InChI is InChI=1S/C16H9BrN2O/c1-10-12-4-2-3-5-13(12)16(20)19(10)15-7-6-11(9-18)8-14(15)17/h2-8H,1H2. The lowest BCUT2D eigenvalue weighted by Gasteiger charge is -2.19. The Hall–Kier alpha value is -2.38. The van der Waals surface area contributed by atoms with Gasteiger partial charge in [0.15, 0.2) is 0 Å². The van der Waals surface area contributed by atoms with Crippen molar-refractivity contribution in [2.45, 2.75) is 0 Å². The van der Waals surface area contributed by atoms with Gasteiger partial charge in [-0.1, -0.05) is 24.8 Å². The molecule has 1 heterocycles. The summed E-state index contributed by atoms with van der Waals surface area (Å²) >= 11 is 3.41. The van der Waals surface area contributed by atoms with Crippen LogP contribution in [0.3, 0.4) is 0 Å². The van der Waals surface area contributed by atoms with Gasteiger partial charge >= 0.3 is 0 Å². The predicted molar refractivity (Wildman–Crippen MR) is 81.1 cm³/mol. The number of benzene rings is 2. The Bertz CT molecular complexity index is 754. The summed E-state index contributed by atoms with van der Waals surface area (Å²) in [5.74, 6) is -0.101. The summed E-state index contributed by atoms with van der Waals surface area (Å²) < 4.78 is 0.693. The Morgan fingerprint density at radius 2 is 1.85 bits per heavy atom. The maximum atomic E-state index is 12.5. The molecule has 0 aromatic heterocycles. The molecular weight excluding hydrogens is 316 g/mol. The average molecular weight is 325 g/mol. The van der Waals surface area contributed by atoms with E-state index in [9.17, 15) is 4.79 Å². The molecule has 3 nitrogen and oxygen atoms in total. The van der Waals surface area contributed by atoms with Crippen LogP contribution in [0.4, 0.5) is 5.69 Å². The number of anilines is 1. The van der Waals surface area contributed by atoms with Gasteiger partial charge < -0.3 is 0 Å². The van der Waals surface area contributed by atoms with Crippen LogP contribution in [0.5, 0.6) is 0 Å². The van der Waals surface area contributed by atoms with Crippen molar-refractivity contribution in [1.82, 2.24) is 0 Å². The van der Waals surface area contributed by atoms with Gasteiger partial charge in [0, 0.05) is 15.6 Å². The Labute approximate surface area is 124 Å². The molecule has 0 N–H and O–H groups in total. The molecule has 0 fully saturated rings. The number of carbonyl (C=O) groups is 1. The number of carbonyl (C=O) groups excluding carboxylic acids is 1. The molecule has 3 rings (SSSR count). The molecule has 20 heavy (non-hydrogen) atoms. The highest BCUT2D eigenvalue weighted by molar-refractivity contribution is 9.10. The first-order valence-corrected chi connectivity index (χ1v) is 6.75. The Kier molecular flexibility index (Phi) is 2.92. The van der Waals surface area contributed by atoms with Crippen LogP contribution < -0.4 is 4.90 Å². The molecule has 0 spiro atoms. The molecule has 4 heteroatoms. The van der Waals surface area contributed by atoms with E-state index in [2.05, 4.69) is 28.6 Å². The van der Waals surface area contributed by atoms with Crippen molar-refractivity contribution in [3.63, 3.8) is 0 Å². The zero-order chi connectivity index (χ0) is 14.3. The molecular formula is C16H9BrN2O. The number of nitriles is 1.